The Morgan fingerprint density at radius 3 is 1.43 bits per heavy atom. The Bertz CT molecular complexity index is 632. The van der Waals surface area contributed by atoms with Gasteiger partial charge in [-0.2, -0.15) is 0 Å². The molecule has 0 heterocycles. The Morgan fingerprint density at radius 2 is 1.04 bits per heavy atom. The van der Waals surface area contributed by atoms with E-state index in [-0.39, 0.29) is 5.41 Å². The summed E-state index contributed by atoms with van der Waals surface area (Å²) in [6.45, 7) is 2.35. The van der Waals surface area contributed by atoms with Crippen LogP contribution in [-0.4, -0.2) is 40.6 Å². The van der Waals surface area contributed by atoms with Gasteiger partial charge < -0.3 is 18.9 Å². The van der Waals surface area contributed by atoms with E-state index in [2.05, 4.69) is 48.5 Å². The Kier molecular flexibility index (Phi) is 7.75. The van der Waals surface area contributed by atoms with Crippen molar-refractivity contribution in [3.8, 4) is 11.5 Å². The van der Waals surface area contributed by atoms with Crippen LogP contribution in [0.15, 0.2) is 48.5 Å². The van der Waals surface area contributed by atoms with E-state index in [4.69, 9.17) is 18.9 Å². The Hall–Kier alpha value is -2.04. The first-order valence-electron chi connectivity index (χ1n) is 10.2. The summed E-state index contributed by atoms with van der Waals surface area (Å²) in [7, 11) is 3.38. The fourth-order valence-electron chi connectivity index (χ4n) is 4.13. The second kappa shape index (κ2) is 10.5. The highest BCUT2D eigenvalue weighted by molar-refractivity contribution is 5.43. The van der Waals surface area contributed by atoms with Crippen molar-refractivity contribution in [1.29, 1.82) is 0 Å². The molecule has 4 nitrogen and oxygen atoms in total. The Morgan fingerprint density at radius 1 is 0.607 bits per heavy atom. The molecule has 4 heteroatoms. The SMILES string of the molecule is COCCOc1ccc(C2(c3ccc(OCCOC)cc3)CCCCC2)cc1. The van der Waals surface area contributed by atoms with Crippen molar-refractivity contribution in [2.24, 2.45) is 0 Å². The van der Waals surface area contributed by atoms with E-state index in [1.165, 1.54) is 43.2 Å². The van der Waals surface area contributed by atoms with E-state index >= 15 is 0 Å². The first-order chi connectivity index (χ1) is 13.8. The van der Waals surface area contributed by atoms with Gasteiger partial charge in [-0.1, -0.05) is 43.5 Å². The fourth-order valence-corrected chi connectivity index (χ4v) is 4.13. The molecule has 0 radical (unpaired) electrons. The quantitative estimate of drug-likeness (QED) is 0.541. The first kappa shape index (κ1) is 20.7. The molecule has 0 unspecified atom stereocenters. The summed E-state index contributed by atoms with van der Waals surface area (Å²) in [5.41, 5.74) is 2.83. The number of benzene rings is 2. The lowest BCUT2D eigenvalue weighted by molar-refractivity contribution is 0.146. The Balaban J connectivity index is 1.78. The summed E-state index contributed by atoms with van der Waals surface area (Å²) in [5, 5.41) is 0. The normalized spacial score (nSPS) is 15.9. The second-order valence-electron chi connectivity index (χ2n) is 7.37. The van der Waals surface area contributed by atoms with E-state index < -0.39 is 0 Å². The van der Waals surface area contributed by atoms with Gasteiger partial charge in [-0.15, -0.1) is 0 Å². The lowest BCUT2D eigenvalue weighted by Crippen LogP contribution is -2.30. The lowest BCUT2D eigenvalue weighted by Gasteiger charge is -2.38. The first-order valence-corrected chi connectivity index (χ1v) is 10.2. The summed E-state index contributed by atoms with van der Waals surface area (Å²) < 4.78 is 21.6. The van der Waals surface area contributed by atoms with Crippen molar-refractivity contribution < 1.29 is 18.9 Å². The van der Waals surface area contributed by atoms with Crippen molar-refractivity contribution >= 4 is 0 Å². The lowest BCUT2D eigenvalue weighted by atomic mass is 9.65. The van der Waals surface area contributed by atoms with Crippen LogP contribution < -0.4 is 9.47 Å². The fraction of sp³-hybridized carbons (Fsp3) is 0.500. The van der Waals surface area contributed by atoms with E-state index in [1.54, 1.807) is 14.2 Å². The number of hydrogen-bond donors (Lipinski definition) is 0. The number of rotatable bonds is 10. The van der Waals surface area contributed by atoms with Crippen LogP contribution in [0.25, 0.3) is 0 Å². The van der Waals surface area contributed by atoms with Crippen LogP contribution in [0, 0.1) is 0 Å². The zero-order valence-electron chi connectivity index (χ0n) is 17.1. The van der Waals surface area contributed by atoms with E-state index in [1.807, 2.05) is 0 Å². The van der Waals surface area contributed by atoms with Crippen molar-refractivity contribution in [3.63, 3.8) is 0 Å². The van der Waals surface area contributed by atoms with Crippen LogP contribution in [0.2, 0.25) is 0 Å². The van der Waals surface area contributed by atoms with Crippen molar-refractivity contribution in [1.82, 2.24) is 0 Å². The predicted molar refractivity (Wildman–Crippen MR) is 111 cm³/mol. The summed E-state index contributed by atoms with van der Waals surface area (Å²) >= 11 is 0. The smallest absolute Gasteiger partial charge is 0.119 e. The highest BCUT2D eigenvalue weighted by atomic mass is 16.5. The van der Waals surface area contributed by atoms with Gasteiger partial charge in [-0.25, -0.2) is 0 Å². The second-order valence-corrected chi connectivity index (χ2v) is 7.37. The third kappa shape index (κ3) is 5.06. The van der Waals surface area contributed by atoms with Gasteiger partial charge in [0.1, 0.15) is 24.7 Å². The molecule has 0 N–H and O–H groups in total. The van der Waals surface area contributed by atoms with Crippen LogP contribution >= 0.6 is 0 Å². The molecule has 1 saturated carbocycles. The maximum Gasteiger partial charge on any atom is 0.119 e. The third-order valence-corrected chi connectivity index (χ3v) is 5.63. The van der Waals surface area contributed by atoms with Gasteiger partial charge in [0, 0.05) is 19.6 Å². The monoisotopic (exact) mass is 384 g/mol. The van der Waals surface area contributed by atoms with Crippen molar-refractivity contribution in [2.75, 3.05) is 40.6 Å². The largest absolute Gasteiger partial charge is 0.491 e. The van der Waals surface area contributed by atoms with Gasteiger partial charge in [0.2, 0.25) is 0 Å². The third-order valence-electron chi connectivity index (χ3n) is 5.63. The van der Waals surface area contributed by atoms with Gasteiger partial charge in [-0.3, -0.25) is 0 Å². The standard InChI is InChI=1S/C24H32O4/c1-25-16-18-27-22-10-6-20(7-11-22)24(14-4-3-5-15-24)21-8-12-23(13-9-21)28-19-17-26-2/h6-13H,3-5,14-19H2,1-2H3. The van der Waals surface area contributed by atoms with Gasteiger partial charge in [-0.05, 0) is 48.2 Å². The van der Waals surface area contributed by atoms with Crippen molar-refractivity contribution in [3.05, 3.63) is 59.7 Å². The molecule has 0 amide bonds. The molecule has 1 aliphatic rings. The molecule has 0 saturated heterocycles. The summed E-state index contributed by atoms with van der Waals surface area (Å²) in [6.07, 6.45) is 6.20. The molecule has 0 spiro atoms. The van der Waals surface area contributed by atoms with E-state index in [0.29, 0.717) is 26.4 Å². The molecule has 0 bridgehead atoms. The molecule has 3 rings (SSSR count). The topological polar surface area (TPSA) is 36.9 Å². The molecule has 28 heavy (non-hydrogen) atoms. The van der Waals surface area contributed by atoms with Crippen LogP contribution in [0.5, 0.6) is 11.5 Å². The van der Waals surface area contributed by atoms with E-state index in [9.17, 15) is 0 Å². The molecule has 2 aromatic rings. The van der Waals surface area contributed by atoms with Gasteiger partial charge in [0.05, 0.1) is 13.2 Å². The molecule has 0 aliphatic heterocycles. The van der Waals surface area contributed by atoms with Crippen LogP contribution in [0.3, 0.4) is 0 Å². The predicted octanol–water partition coefficient (Wildman–Crippen LogP) is 4.99. The highest BCUT2D eigenvalue weighted by Crippen LogP contribution is 2.45. The van der Waals surface area contributed by atoms with Crippen molar-refractivity contribution in [2.45, 2.75) is 37.5 Å². The average Bonchev–Trinajstić information content (AvgIpc) is 2.76. The summed E-state index contributed by atoms with van der Waals surface area (Å²) in [4.78, 5) is 0. The molecule has 1 aliphatic carbocycles. The number of hydrogen-bond acceptors (Lipinski definition) is 4. The summed E-state index contributed by atoms with van der Waals surface area (Å²) in [5.74, 6) is 1.79. The zero-order chi connectivity index (χ0) is 19.7. The highest BCUT2D eigenvalue weighted by Gasteiger charge is 2.35. The molecule has 2 aromatic carbocycles. The average molecular weight is 385 g/mol. The molecule has 0 atom stereocenters. The minimum atomic E-state index is 0.0777. The molecule has 0 aromatic heterocycles. The van der Waals surface area contributed by atoms with Crippen LogP contribution in [0.4, 0.5) is 0 Å². The van der Waals surface area contributed by atoms with Crippen LogP contribution in [0.1, 0.15) is 43.2 Å². The van der Waals surface area contributed by atoms with Crippen LogP contribution in [-0.2, 0) is 14.9 Å². The molecular weight excluding hydrogens is 352 g/mol. The number of ether oxygens (including phenoxy) is 4. The van der Waals surface area contributed by atoms with Gasteiger partial charge in [0.25, 0.3) is 0 Å². The van der Waals surface area contributed by atoms with Gasteiger partial charge >= 0.3 is 0 Å². The zero-order valence-corrected chi connectivity index (χ0v) is 17.1. The van der Waals surface area contributed by atoms with Gasteiger partial charge in [0.15, 0.2) is 0 Å². The maximum absolute atomic E-state index is 5.74. The minimum Gasteiger partial charge on any atom is -0.491 e. The maximum atomic E-state index is 5.74. The minimum absolute atomic E-state index is 0.0777. The number of methoxy groups -OCH3 is 2. The molecule has 1 fully saturated rings. The summed E-state index contributed by atoms with van der Waals surface area (Å²) in [6, 6.07) is 17.3. The molecule has 152 valence electrons. The van der Waals surface area contributed by atoms with E-state index in [0.717, 1.165) is 11.5 Å². The molecular formula is C24H32O4. The Labute approximate surface area is 168 Å².